The second kappa shape index (κ2) is 8.23. The minimum Gasteiger partial charge on any atom is -0.427 e. The molecule has 7 nitrogen and oxygen atoms in total. The van der Waals surface area contributed by atoms with Gasteiger partial charge in [0.05, 0.1) is 12.6 Å². The van der Waals surface area contributed by atoms with E-state index < -0.39 is 7.12 Å². The summed E-state index contributed by atoms with van der Waals surface area (Å²) in [5.41, 5.74) is 7.12. The van der Waals surface area contributed by atoms with E-state index in [-0.39, 0.29) is 6.04 Å². The Morgan fingerprint density at radius 1 is 1.32 bits per heavy atom. The van der Waals surface area contributed by atoms with Gasteiger partial charge in [0.25, 0.3) is 0 Å². The average molecular weight is 324 g/mol. The van der Waals surface area contributed by atoms with Gasteiger partial charge in [0.1, 0.15) is 0 Å². The molecule has 0 aliphatic carbocycles. The van der Waals surface area contributed by atoms with E-state index in [0.29, 0.717) is 36.6 Å². The number of aromatic nitrogens is 4. The molecule has 0 aliphatic heterocycles. The standard InChI is InChI=1S/C13H19BClN5O2/c15-11-5-3-4-10(8-11)9-20-13(17-18-19-20)12(16)6-1-2-7-14(21)22/h3-5,8,12,21-22H,1-2,6-7,9,16H2. The molecular weight excluding hydrogens is 304 g/mol. The van der Waals surface area contributed by atoms with E-state index in [1.807, 2.05) is 24.3 Å². The molecule has 2 aromatic rings. The lowest BCUT2D eigenvalue weighted by atomic mass is 9.83. The SMILES string of the molecule is NC(CCCCB(O)O)c1nnnn1Cc1cccc(Cl)c1. The number of nitrogens with two attached hydrogens (primary N) is 1. The molecule has 0 spiro atoms. The minimum atomic E-state index is -1.26. The van der Waals surface area contributed by atoms with Gasteiger partial charge in [0, 0.05) is 5.02 Å². The van der Waals surface area contributed by atoms with Crippen LogP contribution in [0.25, 0.3) is 0 Å². The number of hydrogen-bond donors (Lipinski definition) is 3. The molecule has 0 saturated heterocycles. The van der Waals surface area contributed by atoms with E-state index in [1.54, 1.807) is 4.68 Å². The number of unbranched alkanes of at least 4 members (excludes halogenated alkanes) is 1. The molecule has 1 unspecified atom stereocenters. The highest BCUT2D eigenvalue weighted by molar-refractivity contribution is 6.40. The Morgan fingerprint density at radius 2 is 2.14 bits per heavy atom. The van der Waals surface area contributed by atoms with Crippen molar-refractivity contribution in [2.75, 3.05) is 0 Å². The van der Waals surface area contributed by atoms with Gasteiger partial charge >= 0.3 is 7.12 Å². The third kappa shape index (κ3) is 5.06. The molecule has 0 fully saturated rings. The fraction of sp³-hybridized carbons (Fsp3) is 0.462. The zero-order chi connectivity index (χ0) is 15.9. The molecule has 1 atom stereocenters. The second-order valence-corrected chi connectivity index (χ2v) is 5.63. The van der Waals surface area contributed by atoms with Crippen LogP contribution in [-0.2, 0) is 6.54 Å². The summed E-state index contributed by atoms with van der Waals surface area (Å²) >= 11 is 5.97. The Morgan fingerprint density at radius 3 is 2.86 bits per heavy atom. The summed E-state index contributed by atoms with van der Waals surface area (Å²) in [6.45, 7) is 0.506. The lowest BCUT2D eigenvalue weighted by Crippen LogP contribution is -2.18. The van der Waals surface area contributed by atoms with Crippen molar-refractivity contribution in [3.8, 4) is 0 Å². The van der Waals surface area contributed by atoms with E-state index in [9.17, 15) is 0 Å². The Labute approximate surface area is 134 Å². The van der Waals surface area contributed by atoms with Gasteiger partial charge in [0.15, 0.2) is 5.82 Å². The maximum atomic E-state index is 8.81. The van der Waals surface area contributed by atoms with E-state index in [1.165, 1.54) is 0 Å². The number of rotatable bonds is 8. The molecule has 1 heterocycles. The van der Waals surface area contributed by atoms with E-state index in [2.05, 4.69) is 15.5 Å². The monoisotopic (exact) mass is 323 g/mol. The van der Waals surface area contributed by atoms with Gasteiger partial charge in [-0.25, -0.2) is 4.68 Å². The van der Waals surface area contributed by atoms with Crippen LogP contribution in [-0.4, -0.2) is 37.4 Å². The van der Waals surface area contributed by atoms with Crippen LogP contribution in [0.2, 0.25) is 11.3 Å². The van der Waals surface area contributed by atoms with Crippen molar-refractivity contribution in [2.24, 2.45) is 5.73 Å². The molecule has 118 valence electrons. The molecule has 22 heavy (non-hydrogen) atoms. The molecule has 0 bridgehead atoms. The Kier molecular flexibility index (Phi) is 6.32. The Hall–Kier alpha value is -1.48. The van der Waals surface area contributed by atoms with Crippen LogP contribution in [0.5, 0.6) is 0 Å². The predicted octanol–water partition coefficient (Wildman–Crippen LogP) is 1.02. The van der Waals surface area contributed by atoms with E-state index >= 15 is 0 Å². The van der Waals surface area contributed by atoms with Crippen LogP contribution in [0.3, 0.4) is 0 Å². The Bertz CT molecular complexity index is 595. The van der Waals surface area contributed by atoms with E-state index in [4.69, 9.17) is 27.4 Å². The van der Waals surface area contributed by atoms with Gasteiger partial charge in [-0.1, -0.05) is 36.6 Å². The van der Waals surface area contributed by atoms with Crippen molar-refractivity contribution < 1.29 is 10.0 Å². The van der Waals surface area contributed by atoms with Gasteiger partial charge in [-0.15, -0.1) is 5.10 Å². The number of halogens is 1. The van der Waals surface area contributed by atoms with Crippen molar-refractivity contribution in [1.29, 1.82) is 0 Å². The van der Waals surface area contributed by atoms with Crippen LogP contribution >= 0.6 is 11.6 Å². The maximum Gasteiger partial charge on any atom is 0.451 e. The normalized spacial score (nSPS) is 12.4. The molecule has 9 heteroatoms. The first-order valence-corrected chi connectivity index (χ1v) is 7.56. The first-order valence-electron chi connectivity index (χ1n) is 7.18. The topological polar surface area (TPSA) is 110 Å². The van der Waals surface area contributed by atoms with Crippen LogP contribution < -0.4 is 5.73 Å². The van der Waals surface area contributed by atoms with Crippen LogP contribution in [0.15, 0.2) is 24.3 Å². The smallest absolute Gasteiger partial charge is 0.427 e. The zero-order valence-electron chi connectivity index (χ0n) is 12.1. The highest BCUT2D eigenvalue weighted by atomic mass is 35.5. The largest absolute Gasteiger partial charge is 0.451 e. The fourth-order valence-corrected chi connectivity index (χ4v) is 2.43. The molecule has 0 aliphatic rings. The van der Waals surface area contributed by atoms with Crippen LogP contribution in [0.1, 0.15) is 36.7 Å². The average Bonchev–Trinajstić information content (AvgIpc) is 2.91. The molecule has 0 saturated carbocycles. The van der Waals surface area contributed by atoms with Crippen LogP contribution in [0, 0.1) is 0 Å². The molecule has 1 aromatic carbocycles. The number of hydrogen-bond acceptors (Lipinski definition) is 6. The van der Waals surface area contributed by atoms with Gasteiger partial charge in [0.2, 0.25) is 0 Å². The van der Waals surface area contributed by atoms with Crippen molar-refractivity contribution in [2.45, 2.75) is 38.2 Å². The Balaban J connectivity index is 1.93. The highest BCUT2D eigenvalue weighted by Crippen LogP contribution is 2.17. The summed E-state index contributed by atoms with van der Waals surface area (Å²) < 4.78 is 1.66. The molecule has 4 N–H and O–H groups in total. The highest BCUT2D eigenvalue weighted by Gasteiger charge is 2.15. The van der Waals surface area contributed by atoms with Crippen molar-refractivity contribution >= 4 is 18.7 Å². The third-order valence-corrected chi connectivity index (χ3v) is 3.58. The quantitative estimate of drug-likeness (QED) is 0.494. The fourth-order valence-electron chi connectivity index (χ4n) is 2.22. The summed E-state index contributed by atoms with van der Waals surface area (Å²) in [5, 5.41) is 29.9. The second-order valence-electron chi connectivity index (χ2n) is 5.20. The summed E-state index contributed by atoms with van der Waals surface area (Å²) in [6.07, 6.45) is 2.51. The lowest BCUT2D eigenvalue weighted by Gasteiger charge is -2.11. The van der Waals surface area contributed by atoms with E-state index in [0.717, 1.165) is 12.0 Å². The van der Waals surface area contributed by atoms with Gasteiger partial charge in [-0.3, -0.25) is 0 Å². The van der Waals surface area contributed by atoms with Crippen LogP contribution in [0.4, 0.5) is 0 Å². The maximum absolute atomic E-state index is 8.81. The summed E-state index contributed by atoms with van der Waals surface area (Å²) in [7, 11) is -1.26. The van der Waals surface area contributed by atoms with Gasteiger partial charge < -0.3 is 15.8 Å². The lowest BCUT2D eigenvalue weighted by molar-refractivity contribution is 0.400. The molecular formula is C13H19BClN5O2. The number of tetrazole rings is 1. The predicted molar refractivity (Wildman–Crippen MR) is 84.1 cm³/mol. The first-order chi connectivity index (χ1) is 10.6. The number of nitrogens with zero attached hydrogens (tertiary/aromatic N) is 4. The summed E-state index contributed by atoms with van der Waals surface area (Å²) in [5.74, 6) is 0.615. The van der Waals surface area contributed by atoms with Crippen molar-refractivity contribution in [3.63, 3.8) is 0 Å². The third-order valence-electron chi connectivity index (χ3n) is 3.34. The molecule has 0 radical (unpaired) electrons. The molecule has 0 amide bonds. The zero-order valence-corrected chi connectivity index (χ0v) is 12.9. The molecule has 1 aromatic heterocycles. The first kappa shape index (κ1) is 16.9. The van der Waals surface area contributed by atoms with Crippen molar-refractivity contribution in [1.82, 2.24) is 20.2 Å². The van der Waals surface area contributed by atoms with Gasteiger partial charge in [-0.2, -0.15) is 0 Å². The number of benzene rings is 1. The summed E-state index contributed by atoms with van der Waals surface area (Å²) in [4.78, 5) is 0. The summed E-state index contributed by atoms with van der Waals surface area (Å²) in [6, 6.07) is 7.21. The molecule has 2 rings (SSSR count). The van der Waals surface area contributed by atoms with Crippen molar-refractivity contribution in [3.05, 3.63) is 40.7 Å². The van der Waals surface area contributed by atoms with Gasteiger partial charge in [-0.05, 0) is 40.9 Å². The minimum absolute atomic E-state index is 0.287.